The van der Waals surface area contributed by atoms with Crippen LogP contribution >= 0.6 is 11.8 Å². The number of carbonyl (C=O) groups is 1. The molecule has 0 N–H and O–H groups in total. The van der Waals surface area contributed by atoms with Gasteiger partial charge in [0.2, 0.25) is 0 Å². The van der Waals surface area contributed by atoms with Crippen molar-refractivity contribution in [1.29, 1.82) is 0 Å². The Labute approximate surface area is 212 Å². The van der Waals surface area contributed by atoms with Crippen molar-refractivity contribution in [2.24, 2.45) is 0 Å². The van der Waals surface area contributed by atoms with Gasteiger partial charge in [-0.15, -0.1) is 0 Å². The van der Waals surface area contributed by atoms with Crippen LogP contribution in [-0.4, -0.2) is 34.3 Å². The van der Waals surface area contributed by atoms with Crippen LogP contribution in [0.4, 0.5) is 0 Å². The molecule has 1 unspecified atom stereocenters. The predicted octanol–water partition coefficient (Wildman–Crippen LogP) is 6.80. The molecule has 6 heteroatoms. The van der Waals surface area contributed by atoms with Gasteiger partial charge < -0.3 is 14.5 Å². The average molecular weight is 491 g/mol. The molecular formula is C29H34N2O3S. The quantitative estimate of drug-likeness (QED) is 0.380. The fourth-order valence-corrected chi connectivity index (χ4v) is 5.86. The third-order valence-electron chi connectivity index (χ3n) is 6.52. The standard InChI is InChI=1S/C29H34N2O3S/c1-5-28(32)34-31-19-24(20-14-16-30-15-8-9-21(30)17-20)23-18-22(12-13-25(23)31)35-27-11-7-6-10-26(27)33-29(2,3)4/h6-7,10-13,17-20H,5,8-9,14-16H2,1-4H3. The summed E-state index contributed by atoms with van der Waals surface area (Å²) in [6.07, 6.45) is 8.27. The number of hydrogen-bond acceptors (Lipinski definition) is 5. The Hall–Kier alpha value is -2.86. The Balaban J connectivity index is 1.53. The first-order valence-electron chi connectivity index (χ1n) is 12.6. The maximum atomic E-state index is 12.1. The molecule has 0 spiro atoms. The van der Waals surface area contributed by atoms with Crippen molar-refractivity contribution in [3.8, 4) is 5.75 Å². The Kier molecular flexibility index (Phi) is 6.58. The number of ether oxygens (including phenoxy) is 1. The molecule has 5 rings (SSSR count). The molecule has 1 saturated heterocycles. The molecule has 0 amide bonds. The molecule has 2 aliphatic heterocycles. The van der Waals surface area contributed by atoms with Gasteiger partial charge in [0, 0.05) is 47.6 Å². The van der Waals surface area contributed by atoms with Crippen LogP contribution < -0.4 is 9.57 Å². The van der Waals surface area contributed by atoms with Crippen LogP contribution in [-0.2, 0) is 4.79 Å². The lowest BCUT2D eigenvalue weighted by Gasteiger charge is -2.28. The van der Waals surface area contributed by atoms with Crippen molar-refractivity contribution in [2.75, 3.05) is 13.1 Å². The molecule has 1 aromatic heterocycles. The molecule has 0 radical (unpaired) electrons. The third-order valence-corrected chi connectivity index (χ3v) is 7.57. The summed E-state index contributed by atoms with van der Waals surface area (Å²) in [6, 6.07) is 14.6. The monoisotopic (exact) mass is 490 g/mol. The molecule has 0 aliphatic carbocycles. The van der Waals surface area contributed by atoms with Gasteiger partial charge in [0.05, 0.1) is 10.4 Å². The smallest absolute Gasteiger partial charge is 0.332 e. The second kappa shape index (κ2) is 9.65. The highest BCUT2D eigenvalue weighted by Gasteiger charge is 2.27. The van der Waals surface area contributed by atoms with Gasteiger partial charge in [-0.2, -0.15) is 4.73 Å². The van der Waals surface area contributed by atoms with Crippen LogP contribution in [0.25, 0.3) is 10.9 Å². The first-order valence-corrected chi connectivity index (χ1v) is 13.4. The Morgan fingerprint density at radius 3 is 2.77 bits per heavy atom. The van der Waals surface area contributed by atoms with Crippen molar-refractivity contribution in [3.05, 3.63) is 66.0 Å². The summed E-state index contributed by atoms with van der Waals surface area (Å²) >= 11 is 1.70. The van der Waals surface area contributed by atoms with Gasteiger partial charge in [0.25, 0.3) is 0 Å². The second-order valence-electron chi connectivity index (χ2n) is 10.3. The van der Waals surface area contributed by atoms with E-state index in [0.717, 1.165) is 45.8 Å². The maximum absolute atomic E-state index is 12.1. The van der Waals surface area contributed by atoms with Crippen molar-refractivity contribution < 1.29 is 14.4 Å². The maximum Gasteiger partial charge on any atom is 0.332 e. The number of allylic oxidation sites excluding steroid dienone is 2. The van der Waals surface area contributed by atoms with Crippen molar-refractivity contribution in [2.45, 2.75) is 74.7 Å². The first-order chi connectivity index (χ1) is 16.8. The van der Waals surface area contributed by atoms with E-state index >= 15 is 0 Å². The first kappa shape index (κ1) is 23.9. The summed E-state index contributed by atoms with van der Waals surface area (Å²) < 4.78 is 7.88. The van der Waals surface area contributed by atoms with Gasteiger partial charge in [0.15, 0.2) is 0 Å². The van der Waals surface area contributed by atoms with Crippen molar-refractivity contribution >= 4 is 28.6 Å². The topological polar surface area (TPSA) is 43.7 Å². The molecule has 184 valence electrons. The summed E-state index contributed by atoms with van der Waals surface area (Å²) in [6.45, 7) is 10.3. The molecule has 1 fully saturated rings. The van der Waals surface area contributed by atoms with Gasteiger partial charge in [-0.25, -0.2) is 4.79 Å². The molecule has 3 heterocycles. The van der Waals surface area contributed by atoms with Crippen molar-refractivity contribution in [3.63, 3.8) is 0 Å². The lowest BCUT2D eigenvalue weighted by Crippen LogP contribution is -2.25. The van der Waals surface area contributed by atoms with E-state index in [0.29, 0.717) is 12.3 Å². The molecule has 1 atom stereocenters. The molecule has 3 aromatic rings. The van der Waals surface area contributed by atoms with Gasteiger partial charge >= 0.3 is 5.97 Å². The molecule has 0 saturated carbocycles. The van der Waals surface area contributed by atoms with Gasteiger partial charge in [0.1, 0.15) is 11.4 Å². The number of benzene rings is 2. The second-order valence-corrected chi connectivity index (χ2v) is 11.4. The number of nitrogens with zero attached hydrogens (tertiary/aromatic N) is 2. The number of hydrogen-bond donors (Lipinski definition) is 0. The zero-order chi connectivity index (χ0) is 24.6. The molecule has 2 aliphatic rings. The van der Waals surface area contributed by atoms with Crippen LogP contribution in [0, 0.1) is 0 Å². The fourth-order valence-electron chi connectivity index (χ4n) is 4.94. The SMILES string of the molecule is CCC(=O)On1cc(C2C=C3CCCN3CC2)c2cc(Sc3ccccc3OC(C)(C)C)ccc21. The lowest BCUT2D eigenvalue weighted by molar-refractivity contribution is -0.143. The zero-order valence-electron chi connectivity index (χ0n) is 21.0. The summed E-state index contributed by atoms with van der Waals surface area (Å²) in [5.74, 6) is 0.974. The van der Waals surface area contributed by atoms with E-state index in [2.05, 4.69) is 56.0 Å². The minimum Gasteiger partial charge on any atom is -0.487 e. The van der Waals surface area contributed by atoms with E-state index in [1.807, 2.05) is 31.3 Å². The minimum atomic E-state index is -0.267. The van der Waals surface area contributed by atoms with Gasteiger partial charge in [-0.3, -0.25) is 0 Å². The summed E-state index contributed by atoms with van der Waals surface area (Å²) in [5.41, 5.74) is 3.35. The molecule has 0 bridgehead atoms. The Morgan fingerprint density at radius 2 is 1.97 bits per heavy atom. The van der Waals surface area contributed by atoms with Crippen LogP contribution in [0.15, 0.2) is 70.2 Å². The lowest BCUT2D eigenvalue weighted by atomic mass is 9.91. The van der Waals surface area contributed by atoms with Gasteiger partial charge in [-0.05, 0) is 75.9 Å². The number of para-hydroxylation sites is 1. The summed E-state index contributed by atoms with van der Waals surface area (Å²) in [7, 11) is 0. The molecule has 5 nitrogen and oxygen atoms in total. The van der Waals surface area contributed by atoms with Crippen LogP contribution in [0.3, 0.4) is 0 Å². The predicted molar refractivity (Wildman–Crippen MR) is 141 cm³/mol. The fraction of sp³-hybridized carbons (Fsp3) is 0.414. The van der Waals surface area contributed by atoms with Crippen LogP contribution in [0.5, 0.6) is 5.75 Å². The highest BCUT2D eigenvalue weighted by molar-refractivity contribution is 7.99. The molecule has 35 heavy (non-hydrogen) atoms. The van der Waals surface area contributed by atoms with E-state index < -0.39 is 0 Å². The van der Waals surface area contributed by atoms with Gasteiger partial charge in [-0.1, -0.05) is 36.9 Å². The Bertz CT molecular complexity index is 1270. The molecule has 2 aromatic carbocycles. The average Bonchev–Trinajstić information content (AvgIpc) is 3.43. The zero-order valence-corrected chi connectivity index (χ0v) is 21.9. The minimum absolute atomic E-state index is 0.232. The van der Waals surface area contributed by atoms with E-state index in [1.165, 1.54) is 24.2 Å². The van der Waals surface area contributed by atoms with Crippen LogP contribution in [0.2, 0.25) is 0 Å². The highest BCUT2D eigenvalue weighted by Crippen LogP contribution is 2.41. The molecular weight excluding hydrogens is 456 g/mol. The number of carbonyl (C=O) groups excluding carboxylic acids is 1. The number of fused-ring (bicyclic) bond motifs is 2. The van der Waals surface area contributed by atoms with Crippen molar-refractivity contribution in [1.82, 2.24) is 9.63 Å². The van der Waals surface area contributed by atoms with E-state index in [9.17, 15) is 4.79 Å². The largest absolute Gasteiger partial charge is 0.487 e. The van der Waals surface area contributed by atoms with E-state index in [1.54, 1.807) is 16.5 Å². The summed E-state index contributed by atoms with van der Waals surface area (Å²) in [4.78, 5) is 22.6. The number of aromatic nitrogens is 1. The highest BCUT2D eigenvalue weighted by atomic mass is 32.2. The van der Waals surface area contributed by atoms with Crippen LogP contribution in [0.1, 0.15) is 64.9 Å². The van der Waals surface area contributed by atoms with E-state index in [4.69, 9.17) is 9.57 Å². The number of rotatable bonds is 6. The summed E-state index contributed by atoms with van der Waals surface area (Å²) in [5, 5.41) is 1.14. The third kappa shape index (κ3) is 5.22. The Morgan fingerprint density at radius 1 is 1.14 bits per heavy atom. The van der Waals surface area contributed by atoms with E-state index in [-0.39, 0.29) is 11.6 Å². The normalized spacial score (nSPS) is 17.9.